The van der Waals surface area contributed by atoms with Crippen molar-refractivity contribution in [3.8, 4) is 56.4 Å². The van der Waals surface area contributed by atoms with Crippen LogP contribution < -0.4 is 14.4 Å². The molecule has 4 heteroatoms. The van der Waals surface area contributed by atoms with E-state index in [1.807, 2.05) is 35.6 Å². The Morgan fingerprint density at radius 3 is 1.58 bits per heavy atom. The highest BCUT2D eigenvalue weighted by Crippen LogP contribution is 2.62. The van der Waals surface area contributed by atoms with Gasteiger partial charge in [-0.05, 0) is 117 Å². The molecule has 0 saturated heterocycles. The first kappa shape index (κ1) is 37.4. The average Bonchev–Trinajstić information content (AvgIpc) is 3.91. The summed E-state index contributed by atoms with van der Waals surface area (Å²) in [4.78, 5) is 2.39. The van der Waals surface area contributed by atoms with E-state index in [9.17, 15) is 0 Å². The van der Waals surface area contributed by atoms with Gasteiger partial charge in [0.2, 0.25) is 0 Å². The van der Waals surface area contributed by atoms with Gasteiger partial charge >= 0.3 is 0 Å². The maximum absolute atomic E-state index is 6.82. The van der Waals surface area contributed by atoms with Gasteiger partial charge < -0.3 is 14.4 Å². The van der Waals surface area contributed by atoms with Crippen molar-refractivity contribution in [1.29, 1.82) is 0 Å². The molecule has 11 aromatic rings. The molecule has 2 aliphatic rings. The van der Waals surface area contributed by atoms with Gasteiger partial charge in [0.05, 0.1) is 5.41 Å². The van der Waals surface area contributed by atoms with E-state index >= 15 is 0 Å². The Morgan fingerprint density at radius 2 is 0.877 bits per heavy atom. The molecular weight excluding hydrogens is 811 g/mol. The summed E-state index contributed by atoms with van der Waals surface area (Å²) in [7, 11) is 0. The molecular formula is C61H39NO2S. The van der Waals surface area contributed by atoms with Crippen molar-refractivity contribution >= 4 is 48.6 Å². The number of nitrogens with zero attached hydrogens (tertiary/aromatic N) is 1. The Labute approximate surface area is 381 Å². The molecule has 0 saturated carbocycles. The number of ether oxygens (including phenoxy) is 2. The van der Waals surface area contributed by atoms with Crippen molar-refractivity contribution in [2.45, 2.75) is 5.41 Å². The number of fused-ring (bicyclic) bond motifs is 9. The lowest BCUT2D eigenvalue weighted by Crippen LogP contribution is -2.28. The normalized spacial score (nSPS) is 14.5. The second-order valence-electron chi connectivity index (χ2n) is 16.8. The highest BCUT2D eigenvalue weighted by Gasteiger charge is 2.48. The van der Waals surface area contributed by atoms with Crippen LogP contribution in [0.2, 0.25) is 0 Å². The van der Waals surface area contributed by atoms with Crippen LogP contribution in [0.25, 0.3) is 53.6 Å². The fourth-order valence-corrected chi connectivity index (χ4v) is 11.4. The average molecular weight is 850 g/mol. The van der Waals surface area contributed by atoms with Crippen LogP contribution in [0.4, 0.5) is 17.1 Å². The zero-order valence-corrected chi connectivity index (χ0v) is 36.0. The Bertz CT molecular complexity index is 3580. The minimum absolute atomic E-state index is 0.675. The monoisotopic (exact) mass is 849 g/mol. The van der Waals surface area contributed by atoms with Crippen LogP contribution in [0.15, 0.2) is 237 Å². The molecule has 1 atom stereocenters. The molecule has 2 heterocycles. The van der Waals surface area contributed by atoms with Crippen LogP contribution in [0.5, 0.6) is 23.0 Å². The van der Waals surface area contributed by atoms with E-state index in [0.29, 0.717) is 11.5 Å². The van der Waals surface area contributed by atoms with Crippen molar-refractivity contribution in [3.05, 3.63) is 259 Å². The number of hydrogen-bond donors (Lipinski definition) is 0. The molecule has 13 rings (SSSR count). The molecule has 0 fully saturated rings. The summed E-state index contributed by atoms with van der Waals surface area (Å²) in [5.41, 5.74) is 14.2. The highest BCUT2D eigenvalue weighted by molar-refractivity contribution is 7.25. The van der Waals surface area contributed by atoms with Crippen LogP contribution in [0, 0.1) is 0 Å². The van der Waals surface area contributed by atoms with Gasteiger partial charge in [0.25, 0.3) is 0 Å². The second kappa shape index (κ2) is 15.0. The first-order chi connectivity index (χ1) is 32.2. The predicted octanol–water partition coefficient (Wildman–Crippen LogP) is 17.1. The van der Waals surface area contributed by atoms with Crippen molar-refractivity contribution in [1.82, 2.24) is 0 Å². The van der Waals surface area contributed by atoms with Crippen LogP contribution in [-0.2, 0) is 5.41 Å². The quantitative estimate of drug-likeness (QED) is 0.159. The zero-order valence-electron chi connectivity index (χ0n) is 35.2. The molecule has 0 amide bonds. The van der Waals surface area contributed by atoms with Gasteiger partial charge in [-0.3, -0.25) is 0 Å². The third kappa shape index (κ3) is 5.95. The Balaban J connectivity index is 1.00. The third-order valence-corrected chi connectivity index (χ3v) is 14.4. The van der Waals surface area contributed by atoms with Gasteiger partial charge in [-0.2, -0.15) is 0 Å². The van der Waals surface area contributed by atoms with Crippen molar-refractivity contribution in [2.75, 3.05) is 4.90 Å². The molecule has 1 aliphatic carbocycles. The summed E-state index contributed by atoms with van der Waals surface area (Å²) in [6.07, 6.45) is 0. The minimum atomic E-state index is -0.675. The first-order valence-electron chi connectivity index (χ1n) is 22.1. The molecule has 1 aliphatic heterocycles. The van der Waals surface area contributed by atoms with Crippen LogP contribution >= 0.6 is 11.3 Å². The van der Waals surface area contributed by atoms with Gasteiger partial charge in [0.15, 0.2) is 23.0 Å². The highest BCUT2D eigenvalue weighted by atomic mass is 32.1. The maximum atomic E-state index is 6.82. The molecule has 3 nitrogen and oxygen atoms in total. The lowest BCUT2D eigenvalue weighted by atomic mass is 9.67. The van der Waals surface area contributed by atoms with Crippen molar-refractivity contribution in [2.24, 2.45) is 0 Å². The molecule has 65 heavy (non-hydrogen) atoms. The largest absolute Gasteiger partial charge is 0.449 e. The van der Waals surface area contributed by atoms with Crippen LogP contribution in [0.1, 0.15) is 22.3 Å². The maximum Gasteiger partial charge on any atom is 0.178 e. The van der Waals surface area contributed by atoms with E-state index in [0.717, 1.165) is 50.8 Å². The van der Waals surface area contributed by atoms with Gasteiger partial charge in [0, 0.05) is 42.8 Å². The number of thiophene rings is 1. The number of benzene rings is 10. The molecule has 10 aromatic carbocycles. The van der Waals surface area contributed by atoms with Crippen molar-refractivity contribution < 1.29 is 9.47 Å². The number of anilines is 3. The lowest BCUT2D eigenvalue weighted by molar-refractivity contribution is 0.360. The van der Waals surface area contributed by atoms with Crippen LogP contribution in [-0.4, -0.2) is 0 Å². The van der Waals surface area contributed by atoms with Gasteiger partial charge in [-0.1, -0.05) is 170 Å². The number of para-hydroxylation sites is 2. The topological polar surface area (TPSA) is 21.7 Å². The van der Waals surface area contributed by atoms with E-state index < -0.39 is 5.41 Å². The van der Waals surface area contributed by atoms with Crippen molar-refractivity contribution in [3.63, 3.8) is 0 Å². The van der Waals surface area contributed by atoms with Gasteiger partial charge in [-0.25, -0.2) is 0 Å². The fourth-order valence-electron chi connectivity index (χ4n) is 10.3. The summed E-state index contributed by atoms with van der Waals surface area (Å²) < 4.78 is 15.9. The van der Waals surface area contributed by atoms with E-state index in [4.69, 9.17) is 9.47 Å². The fraction of sp³-hybridized carbons (Fsp3) is 0.0164. The van der Waals surface area contributed by atoms with E-state index in [1.54, 1.807) is 0 Å². The van der Waals surface area contributed by atoms with E-state index in [2.05, 4.69) is 217 Å². The Hall–Kier alpha value is -8.18. The SMILES string of the molecule is c1ccc(-c2ccc(N(c3ccc(C4(c5ccc(-c6ccccc6)cc5)c5ccccc5-c5c4ccc4c5Oc5ccccc5O4)cc3)c3ccc4sc5ccccc5c4c3)cc2)cc1. The molecule has 306 valence electrons. The summed E-state index contributed by atoms with van der Waals surface area (Å²) in [5, 5.41) is 2.54. The molecule has 0 bridgehead atoms. The molecule has 0 radical (unpaired) electrons. The summed E-state index contributed by atoms with van der Waals surface area (Å²) in [6.45, 7) is 0. The molecule has 0 N–H and O–H groups in total. The summed E-state index contributed by atoms with van der Waals surface area (Å²) in [6, 6.07) is 85.3. The van der Waals surface area contributed by atoms with Crippen LogP contribution in [0.3, 0.4) is 0 Å². The Kier molecular flexibility index (Phi) is 8.62. The predicted molar refractivity (Wildman–Crippen MR) is 269 cm³/mol. The molecule has 0 spiro atoms. The standard InChI is InChI=1S/C61H39NO2S/c1-3-13-40(14-4-1)42-23-27-44(28-24-42)61(52-19-9-7-18-50(52)59-53(61)36-37-56-60(59)64-55-21-11-10-20-54(55)63-56)45-29-33-47(34-30-45)62(46-31-25-43(26-32-46)41-15-5-2-6-16-41)48-35-38-58-51(39-48)49-17-8-12-22-57(49)65-58/h1-39H. The first-order valence-corrected chi connectivity index (χ1v) is 22.9. The molecule has 1 aromatic heterocycles. The van der Waals surface area contributed by atoms with E-state index in [1.165, 1.54) is 53.6 Å². The second-order valence-corrected chi connectivity index (χ2v) is 17.9. The Morgan fingerprint density at radius 1 is 0.354 bits per heavy atom. The third-order valence-electron chi connectivity index (χ3n) is 13.2. The minimum Gasteiger partial charge on any atom is -0.449 e. The summed E-state index contributed by atoms with van der Waals surface area (Å²) in [5.74, 6) is 2.89. The summed E-state index contributed by atoms with van der Waals surface area (Å²) >= 11 is 1.85. The lowest BCUT2D eigenvalue weighted by Gasteiger charge is -2.35. The molecule has 1 unspecified atom stereocenters. The number of rotatable bonds is 7. The zero-order chi connectivity index (χ0) is 42.9. The van der Waals surface area contributed by atoms with E-state index in [-0.39, 0.29) is 0 Å². The van der Waals surface area contributed by atoms with Gasteiger partial charge in [0.1, 0.15) is 0 Å². The van der Waals surface area contributed by atoms with Gasteiger partial charge in [-0.15, -0.1) is 11.3 Å². The smallest absolute Gasteiger partial charge is 0.178 e. The number of hydrogen-bond acceptors (Lipinski definition) is 4.